The summed E-state index contributed by atoms with van der Waals surface area (Å²) in [5.41, 5.74) is 31.0. The van der Waals surface area contributed by atoms with E-state index < -0.39 is 0 Å². The highest BCUT2D eigenvalue weighted by atomic mass is 15.0. The van der Waals surface area contributed by atoms with E-state index in [1.54, 1.807) is 0 Å². The zero-order chi connectivity index (χ0) is 60.1. The summed E-state index contributed by atoms with van der Waals surface area (Å²) in [6.45, 7) is 14.2. The van der Waals surface area contributed by atoms with Crippen molar-refractivity contribution in [3.63, 3.8) is 0 Å². The first-order chi connectivity index (χ1) is 43.9. The van der Waals surface area contributed by atoms with Crippen LogP contribution in [0.4, 0.5) is 0 Å². The van der Waals surface area contributed by atoms with Crippen molar-refractivity contribution in [2.45, 2.75) is 57.8 Å². The Morgan fingerprint density at radius 1 is 0.256 bits per heavy atom. The summed E-state index contributed by atoms with van der Waals surface area (Å²) in [4.78, 5) is 11.0. The van der Waals surface area contributed by atoms with E-state index in [0.717, 1.165) is 45.1 Å². The fourth-order valence-electron chi connectivity index (χ4n) is 16.7. The molecule has 4 aromatic heterocycles. The predicted molar refractivity (Wildman–Crippen MR) is 374 cm³/mol. The second kappa shape index (κ2) is 18.1. The van der Waals surface area contributed by atoms with E-state index in [2.05, 4.69) is 316 Å². The third-order valence-corrected chi connectivity index (χ3v) is 21.1. The first kappa shape index (κ1) is 51.2. The molecule has 0 aliphatic heterocycles. The number of nitrogens with zero attached hydrogens (tertiary/aromatic N) is 5. The second-order valence-electron chi connectivity index (χ2n) is 26.8. The first-order valence-electron chi connectivity index (χ1n) is 31.6. The van der Waals surface area contributed by atoms with Crippen molar-refractivity contribution in [2.24, 2.45) is 0 Å². The lowest BCUT2D eigenvalue weighted by Crippen LogP contribution is -2.14. The number of hydrogen-bond acceptors (Lipinski definition) is 2. The van der Waals surface area contributed by atoms with E-state index in [-0.39, 0.29) is 16.2 Å². The van der Waals surface area contributed by atoms with Crippen molar-refractivity contribution >= 4 is 65.4 Å². The largest absolute Gasteiger partial charge is 0.309 e. The number of benzene rings is 12. The highest BCUT2D eigenvalue weighted by Gasteiger charge is 2.41. The first-order valence-corrected chi connectivity index (χ1v) is 31.6. The summed E-state index contributed by atoms with van der Waals surface area (Å²) < 4.78 is 7.45. The molecule has 0 amide bonds. The molecule has 0 spiro atoms. The van der Waals surface area contributed by atoms with Gasteiger partial charge in [0.15, 0.2) is 5.82 Å². The zero-order valence-electron chi connectivity index (χ0n) is 51.1. The number of aromatic nitrogens is 5. The standard InChI is InChI=1S/C85H61N5/c1-83(2)65-25-13-7-22-62(65)76-68(83)46-43-59-56-19-10-16-28-73(56)88(79(59)76)53-37-31-50(32-38-53)71-49-72(51-33-39-54(40-34-51)89-74-29-17-11-20-57(74)60-44-47-69-77(80(60)89)63-23-8-14-26-66(63)84(69,3)4)87-82(86-71)52-35-41-55(42-36-52)90-75-30-18-12-21-58(75)61-45-48-70-78(81(61)90)64-24-9-15-27-67(64)85(70,5)6/h7-49H,1-6H3. The molecule has 0 radical (unpaired) electrons. The summed E-state index contributed by atoms with van der Waals surface area (Å²) in [6.07, 6.45) is 0. The summed E-state index contributed by atoms with van der Waals surface area (Å²) in [7, 11) is 0. The van der Waals surface area contributed by atoms with Gasteiger partial charge < -0.3 is 13.7 Å². The van der Waals surface area contributed by atoms with E-state index in [1.807, 2.05) is 0 Å². The van der Waals surface area contributed by atoms with Crippen molar-refractivity contribution < 1.29 is 0 Å². The Balaban J connectivity index is 0.775. The lowest BCUT2D eigenvalue weighted by molar-refractivity contribution is 0.660. The summed E-state index contributed by atoms with van der Waals surface area (Å²) >= 11 is 0. The van der Waals surface area contributed by atoms with Crippen LogP contribution in [0.2, 0.25) is 0 Å². The molecule has 0 unspecified atom stereocenters. The zero-order valence-corrected chi connectivity index (χ0v) is 51.1. The maximum Gasteiger partial charge on any atom is 0.160 e. The smallest absolute Gasteiger partial charge is 0.160 e. The molecule has 16 aromatic rings. The molecule has 3 aliphatic carbocycles. The van der Waals surface area contributed by atoms with Gasteiger partial charge in [-0.25, -0.2) is 9.97 Å². The van der Waals surface area contributed by atoms with Crippen molar-refractivity contribution in [3.8, 4) is 84.3 Å². The minimum Gasteiger partial charge on any atom is -0.309 e. The molecule has 5 nitrogen and oxygen atoms in total. The van der Waals surface area contributed by atoms with E-state index in [0.29, 0.717) is 5.82 Å². The predicted octanol–water partition coefficient (Wildman–Crippen LogP) is 21.7. The minimum atomic E-state index is -0.128. The molecule has 0 bridgehead atoms. The average molecular weight is 1150 g/mol. The van der Waals surface area contributed by atoms with Gasteiger partial charge in [0.05, 0.1) is 44.5 Å². The second-order valence-corrected chi connectivity index (χ2v) is 26.8. The van der Waals surface area contributed by atoms with Crippen LogP contribution in [0.15, 0.2) is 261 Å². The Morgan fingerprint density at radius 3 is 0.878 bits per heavy atom. The number of rotatable bonds is 6. The van der Waals surface area contributed by atoms with Crippen LogP contribution in [0.25, 0.3) is 150 Å². The monoisotopic (exact) mass is 1150 g/mol. The minimum absolute atomic E-state index is 0.126. The molecular formula is C85H61N5. The highest BCUT2D eigenvalue weighted by molar-refractivity contribution is 6.18. The molecule has 5 heteroatoms. The van der Waals surface area contributed by atoms with Crippen molar-refractivity contribution in [1.29, 1.82) is 0 Å². The van der Waals surface area contributed by atoms with Crippen LogP contribution in [-0.2, 0) is 16.2 Å². The highest BCUT2D eigenvalue weighted by Crippen LogP contribution is 2.56. The third kappa shape index (κ3) is 6.81. The molecule has 0 saturated heterocycles. The van der Waals surface area contributed by atoms with Gasteiger partial charge in [0.2, 0.25) is 0 Å². The fraction of sp³-hybridized carbons (Fsp3) is 0.106. The van der Waals surface area contributed by atoms with Gasteiger partial charge in [-0.2, -0.15) is 0 Å². The molecule has 3 aliphatic rings. The van der Waals surface area contributed by atoms with Crippen LogP contribution in [0.5, 0.6) is 0 Å². The van der Waals surface area contributed by atoms with Crippen molar-refractivity contribution in [3.05, 3.63) is 294 Å². The van der Waals surface area contributed by atoms with Crippen LogP contribution < -0.4 is 0 Å². The molecule has 0 fully saturated rings. The van der Waals surface area contributed by atoms with Crippen LogP contribution >= 0.6 is 0 Å². The maximum absolute atomic E-state index is 5.52. The summed E-state index contributed by atoms with van der Waals surface area (Å²) in [5.74, 6) is 0.666. The summed E-state index contributed by atoms with van der Waals surface area (Å²) in [5, 5.41) is 7.51. The Labute approximate surface area is 522 Å². The number of fused-ring (bicyclic) bond motifs is 21. The van der Waals surface area contributed by atoms with Gasteiger partial charge in [0.25, 0.3) is 0 Å². The quantitative estimate of drug-likeness (QED) is 0.166. The molecule has 0 saturated carbocycles. The SMILES string of the molecule is CC1(C)c2ccccc2-c2c1ccc1c3ccccc3n(-c3ccc(-c4cc(-c5ccc(-n6c7ccccc7c7ccc8c(c76)-c6ccccc6C8(C)C)cc5)nc(-c5ccc(-n6c7ccccc7c7ccc8c(c76)-c6ccccc6C8(C)C)cc5)n4)cc3)c21. The summed E-state index contributed by atoms with van der Waals surface area (Å²) in [6, 6.07) is 96.9. The van der Waals surface area contributed by atoms with E-state index in [9.17, 15) is 0 Å². The number of para-hydroxylation sites is 3. The fourth-order valence-corrected chi connectivity index (χ4v) is 16.7. The lowest BCUT2D eigenvalue weighted by atomic mass is 9.82. The molecule has 90 heavy (non-hydrogen) atoms. The Morgan fingerprint density at radius 2 is 0.544 bits per heavy atom. The van der Waals surface area contributed by atoms with E-state index in [1.165, 1.54) is 132 Å². The van der Waals surface area contributed by atoms with Crippen molar-refractivity contribution in [1.82, 2.24) is 23.7 Å². The van der Waals surface area contributed by atoms with E-state index >= 15 is 0 Å². The van der Waals surface area contributed by atoms with Crippen LogP contribution in [0, 0.1) is 0 Å². The van der Waals surface area contributed by atoms with Crippen LogP contribution in [0.3, 0.4) is 0 Å². The van der Waals surface area contributed by atoms with Gasteiger partial charge in [0.1, 0.15) is 0 Å². The Hall–Kier alpha value is -10.9. The molecule has 426 valence electrons. The third-order valence-electron chi connectivity index (χ3n) is 21.1. The van der Waals surface area contributed by atoms with Gasteiger partial charge in [-0.05, 0) is 123 Å². The van der Waals surface area contributed by atoms with Gasteiger partial charge in [-0.15, -0.1) is 0 Å². The molecular weight excluding hydrogens is 1090 g/mol. The average Bonchev–Trinajstić information content (AvgIpc) is 1.56. The molecule has 0 atom stereocenters. The van der Waals surface area contributed by atoms with Gasteiger partial charge in [-0.1, -0.05) is 230 Å². The molecule has 19 rings (SSSR count). The maximum atomic E-state index is 5.52. The van der Waals surface area contributed by atoms with E-state index in [4.69, 9.17) is 9.97 Å². The Kier molecular flexibility index (Phi) is 10.3. The van der Waals surface area contributed by atoms with Crippen LogP contribution in [-0.4, -0.2) is 23.7 Å². The lowest BCUT2D eigenvalue weighted by Gasteiger charge is -2.21. The van der Waals surface area contributed by atoms with Gasteiger partial charge in [0, 0.05) is 99.0 Å². The van der Waals surface area contributed by atoms with Crippen molar-refractivity contribution in [2.75, 3.05) is 0 Å². The molecule has 4 heterocycles. The topological polar surface area (TPSA) is 40.6 Å². The van der Waals surface area contributed by atoms with Crippen LogP contribution in [0.1, 0.15) is 74.9 Å². The number of hydrogen-bond donors (Lipinski definition) is 0. The molecule has 0 N–H and O–H groups in total. The normalized spacial score (nSPS) is 14.6. The molecule has 12 aromatic carbocycles. The Bertz CT molecular complexity index is 5200. The van der Waals surface area contributed by atoms with Gasteiger partial charge in [-0.3, -0.25) is 0 Å². The van der Waals surface area contributed by atoms with Gasteiger partial charge >= 0.3 is 0 Å².